The number of hydrogen-bond donors (Lipinski definition) is 0. The second-order valence-corrected chi connectivity index (χ2v) is 13.7. The van der Waals surface area contributed by atoms with Gasteiger partial charge in [0.15, 0.2) is 11.5 Å². The molecule has 2 aliphatic rings. The van der Waals surface area contributed by atoms with Gasteiger partial charge in [0.25, 0.3) is 0 Å². The summed E-state index contributed by atoms with van der Waals surface area (Å²) in [6.45, 7) is 2.81. The lowest BCUT2D eigenvalue weighted by Crippen LogP contribution is -2.49. The number of ether oxygens (including phenoxy) is 3. The third-order valence-corrected chi connectivity index (χ3v) is 11.5. The van der Waals surface area contributed by atoms with Crippen LogP contribution in [0.2, 0.25) is 0 Å². The smallest absolute Gasteiger partial charge is 0.247 e. The van der Waals surface area contributed by atoms with Gasteiger partial charge < -0.3 is 24.0 Å². The molecule has 226 valence electrons. The van der Waals surface area contributed by atoms with Gasteiger partial charge in [0.2, 0.25) is 25.8 Å². The summed E-state index contributed by atoms with van der Waals surface area (Å²) in [5, 5.41) is 0. The Morgan fingerprint density at radius 3 is 1.14 bits per heavy atom. The second-order valence-electron chi connectivity index (χ2n) is 9.93. The molecule has 5 rings (SSSR count). The average molecular weight is 617 g/mol. The van der Waals surface area contributed by atoms with Crippen molar-refractivity contribution in [2.45, 2.75) is 9.79 Å². The van der Waals surface area contributed by atoms with Crippen LogP contribution in [0.4, 0.5) is 11.4 Å². The normalized spacial score (nSPS) is 17.2. The summed E-state index contributed by atoms with van der Waals surface area (Å²) >= 11 is 0. The molecule has 2 heterocycles. The Hall–Kier alpha value is -3.52. The highest BCUT2D eigenvalue weighted by atomic mass is 32.2. The molecule has 0 amide bonds. The van der Waals surface area contributed by atoms with Crippen molar-refractivity contribution < 1.29 is 31.0 Å². The van der Waals surface area contributed by atoms with Gasteiger partial charge in [-0.2, -0.15) is 8.61 Å². The van der Waals surface area contributed by atoms with Gasteiger partial charge >= 0.3 is 0 Å². The molecule has 0 saturated carbocycles. The van der Waals surface area contributed by atoms with E-state index in [9.17, 15) is 16.8 Å². The molecule has 0 radical (unpaired) electrons. The average Bonchev–Trinajstić information content (AvgIpc) is 3.04. The Morgan fingerprint density at radius 2 is 0.833 bits per heavy atom. The molecule has 2 aliphatic heterocycles. The third kappa shape index (κ3) is 5.61. The van der Waals surface area contributed by atoms with E-state index in [2.05, 4.69) is 9.80 Å². The molecule has 0 spiro atoms. The largest absolute Gasteiger partial charge is 0.491 e. The van der Waals surface area contributed by atoms with Crippen LogP contribution in [0, 0.1) is 0 Å². The molecule has 42 heavy (non-hydrogen) atoms. The summed E-state index contributed by atoms with van der Waals surface area (Å²) in [5.74, 6) is -0.300. The van der Waals surface area contributed by atoms with Gasteiger partial charge in [-0.1, -0.05) is 36.4 Å². The summed E-state index contributed by atoms with van der Waals surface area (Å²) < 4.78 is 75.5. The van der Waals surface area contributed by atoms with Crippen LogP contribution in [-0.2, 0) is 20.0 Å². The van der Waals surface area contributed by atoms with Crippen molar-refractivity contribution in [2.24, 2.45) is 0 Å². The van der Waals surface area contributed by atoms with Crippen molar-refractivity contribution in [3.05, 3.63) is 66.7 Å². The SMILES string of the molecule is COc1c(S(=O)(=O)N2CCN(c3ccccc3)CC2)cc(S(=O)(=O)N2CCN(c3ccccc3)CC2)c(OC)c1OC. The fourth-order valence-electron chi connectivity index (χ4n) is 5.46. The Bertz CT molecular complexity index is 1470. The zero-order chi connectivity index (χ0) is 29.9. The Labute approximate surface area is 247 Å². The zero-order valence-electron chi connectivity index (χ0n) is 24.0. The van der Waals surface area contributed by atoms with Crippen LogP contribution in [0.1, 0.15) is 0 Å². The molecule has 0 aromatic heterocycles. The molecular formula is C29H36N4O7S2. The van der Waals surface area contributed by atoms with E-state index >= 15 is 0 Å². The number of anilines is 2. The number of piperazine rings is 2. The lowest BCUT2D eigenvalue weighted by molar-refractivity contribution is 0.309. The summed E-state index contributed by atoms with van der Waals surface area (Å²) in [6.07, 6.45) is 0. The van der Waals surface area contributed by atoms with Gasteiger partial charge in [-0.05, 0) is 30.3 Å². The van der Waals surface area contributed by atoms with E-state index in [1.807, 2.05) is 60.7 Å². The maximum atomic E-state index is 14.0. The van der Waals surface area contributed by atoms with Gasteiger partial charge in [0, 0.05) is 63.7 Å². The van der Waals surface area contributed by atoms with Crippen molar-refractivity contribution >= 4 is 31.4 Å². The van der Waals surface area contributed by atoms with E-state index in [4.69, 9.17) is 14.2 Å². The number of sulfonamides is 2. The van der Waals surface area contributed by atoms with Crippen LogP contribution in [0.5, 0.6) is 17.2 Å². The number of benzene rings is 3. The van der Waals surface area contributed by atoms with Gasteiger partial charge in [-0.15, -0.1) is 0 Å². The van der Waals surface area contributed by atoms with E-state index in [-0.39, 0.29) is 53.2 Å². The lowest BCUT2D eigenvalue weighted by Gasteiger charge is -2.36. The topological polar surface area (TPSA) is 109 Å². The summed E-state index contributed by atoms with van der Waals surface area (Å²) in [7, 11) is -4.38. The van der Waals surface area contributed by atoms with Crippen molar-refractivity contribution in [2.75, 3.05) is 83.5 Å². The molecule has 2 fully saturated rings. The maximum Gasteiger partial charge on any atom is 0.247 e. The Kier molecular flexibility index (Phi) is 8.83. The van der Waals surface area contributed by atoms with Crippen molar-refractivity contribution in [3.63, 3.8) is 0 Å². The minimum Gasteiger partial charge on any atom is -0.491 e. The first-order valence-electron chi connectivity index (χ1n) is 13.7. The van der Waals surface area contributed by atoms with Gasteiger partial charge in [-0.25, -0.2) is 16.8 Å². The summed E-state index contributed by atoms with van der Waals surface area (Å²) in [5.41, 5.74) is 2.03. The molecule has 2 saturated heterocycles. The minimum atomic E-state index is -4.17. The fourth-order valence-corrected chi connectivity index (χ4v) is 8.73. The van der Waals surface area contributed by atoms with Crippen LogP contribution < -0.4 is 24.0 Å². The number of methoxy groups -OCH3 is 3. The molecule has 11 nitrogen and oxygen atoms in total. The summed E-state index contributed by atoms with van der Waals surface area (Å²) in [4.78, 5) is 3.67. The standard InChI is InChI=1S/C29H36N4O7S2/c1-38-27-25(41(34,35)32-18-14-30(15-19-32)23-10-6-4-7-11-23)22-26(28(39-2)29(27)40-3)42(36,37)33-20-16-31(17-21-33)24-12-8-5-9-13-24/h4-13,22H,14-21H2,1-3H3. The third-order valence-electron chi connectivity index (χ3n) is 7.69. The fraction of sp³-hybridized carbons (Fsp3) is 0.379. The van der Waals surface area contributed by atoms with Gasteiger partial charge in [0.1, 0.15) is 9.79 Å². The van der Waals surface area contributed by atoms with E-state index < -0.39 is 20.0 Å². The first-order valence-corrected chi connectivity index (χ1v) is 16.5. The minimum absolute atomic E-state index is 0.0921. The highest BCUT2D eigenvalue weighted by molar-refractivity contribution is 7.90. The first kappa shape index (κ1) is 30.0. The number of rotatable bonds is 9. The molecule has 3 aromatic carbocycles. The Balaban J connectivity index is 1.47. The van der Waals surface area contributed by atoms with E-state index in [1.54, 1.807) is 0 Å². The molecule has 0 N–H and O–H groups in total. The summed E-state index contributed by atoms with van der Waals surface area (Å²) in [6, 6.07) is 20.7. The van der Waals surface area contributed by atoms with Crippen LogP contribution in [-0.4, -0.2) is 99.1 Å². The molecule has 0 unspecified atom stereocenters. The van der Waals surface area contributed by atoms with Crippen molar-refractivity contribution in [1.82, 2.24) is 8.61 Å². The molecular weight excluding hydrogens is 580 g/mol. The van der Waals surface area contributed by atoms with E-state index in [0.717, 1.165) is 17.4 Å². The van der Waals surface area contributed by atoms with Crippen molar-refractivity contribution in [3.8, 4) is 17.2 Å². The first-order chi connectivity index (χ1) is 20.2. The highest BCUT2D eigenvalue weighted by Gasteiger charge is 2.39. The van der Waals surface area contributed by atoms with Crippen LogP contribution in [0.3, 0.4) is 0 Å². The quantitative estimate of drug-likeness (QED) is 0.359. The highest BCUT2D eigenvalue weighted by Crippen LogP contribution is 2.47. The molecule has 0 bridgehead atoms. The zero-order valence-corrected chi connectivity index (χ0v) is 25.6. The second kappa shape index (κ2) is 12.4. The number of para-hydroxylation sites is 2. The van der Waals surface area contributed by atoms with Crippen LogP contribution >= 0.6 is 0 Å². The maximum absolute atomic E-state index is 14.0. The van der Waals surface area contributed by atoms with Crippen molar-refractivity contribution in [1.29, 1.82) is 0 Å². The van der Waals surface area contributed by atoms with Crippen LogP contribution in [0.25, 0.3) is 0 Å². The monoisotopic (exact) mass is 616 g/mol. The number of hydrogen-bond acceptors (Lipinski definition) is 9. The van der Waals surface area contributed by atoms with E-state index in [1.165, 1.54) is 29.9 Å². The molecule has 0 atom stereocenters. The van der Waals surface area contributed by atoms with Crippen LogP contribution in [0.15, 0.2) is 76.5 Å². The predicted octanol–water partition coefficient (Wildman–Crippen LogP) is 2.73. The van der Waals surface area contributed by atoms with Gasteiger partial charge in [-0.3, -0.25) is 0 Å². The Morgan fingerprint density at radius 1 is 0.500 bits per heavy atom. The predicted molar refractivity (Wildman–Crippen MR) is 161 cm³/mol. The van der Waals surface area contributed by atoms with E-state index in [0.29, 0.717) is 26.2 Å². The number of nitrogens with zero attached hydrogens (tertiary/aromatic N) is 4. The lowest BCUT2D eigenvalue weighted by atomic mass is 10.2. The molecule has 0 aliphatic carbocycles. The molecule has 3 aromatic rings. The van der Waals surface area contributed by atoms with Gasteiger partial charge in [0.05, 0.1) is 21.3 Å². The molecule has 13 heteroatoms.